The molecule has 18 heavy (non-hydrogen) atoms. The maximum atomic E-state index is 12.1. The highest BCUT2D eigenvalue weighted by Crippen LogP contribution is 2.20. The molecule has 1 aliphatic heterocycles. The van der Waals surface area contributed by atoms with Gasteiger partial charge >= 0.3 is 0 Å². The summed E-state index contributed by atoms with van der Waals surface area (Å²) in [6.07, 6.45) is 2.86. The fraction of sp³-hybridized carbons (Fsp3) is 0.500. The van der Waals surface area contributed by atoms with Gasteiger partial charge in [-0.05, 0) is 43.5 Å². The molecule has 3 nitrogen and oxygen atoms in total. The predicted octanol–water partition coefficient (Wildman–Crippen LogP) is 2.66. The summed E-state index contributed by atoms with van der Waals surface area (Å²) >= 11 is 5.98. The average Bonchev–Trinajstić information content (AvgIpc) is 2.89. The fourth-order valence-corrected chi connectivity index (χ4v) is 2.52. The first-order chi connectivity index (χ1) is 8.70. The second-order valence-corrected chi connectivity index (χ2v) is 5.11. The summed E-state index contributed by atoms with van der Waals surface area (Å²) in [4.78, 5) is 12.1. The molecule has 1 amide bonds. The van der Waals surface area contributed by atoms with Gasteiger partial charge < -0.3 is 10.6 Å². The van der Waals surface area contributed by atoms with E-state index in [0.29, 0.717) is 5.02 Å². The molecular weight excluding hydrogens is 248 g/mol. The molecule has 1 saturated heterocycles. The van der Waals surface area contributed by atoms with Gasteiger partial charge in [0.15, 0.2) is 0 Å². The van der Waals surface area contributed by atoms with Crippen LogP contribution in [-0.4, -0.2) is 18.5 Å². The first kappa shape index (κ1) is 13.4. The minimum absolute atomic E-state index is 0.0294. The summed E-state index contributed by atoms with van der Waals surface area (Å²) in [6.45, 7) is 3.00. The molecule has 4 heteroatoms. The lowest BCUT2D eigenvalue weighted by Crippen LogP contribution is -2.41. The Morgan fingerprint density at radius 1 is 1.61 bits per heavy atom. The molecule has 0 aliphatic carbocycles. The highest BCUT2D eigenvalue weighted by Gasteiger charge is 2.24. The van der Waals surface area contributed by atoms with Crippen molar-refractivity contribution in [1.29, 1.82) is 0 Å². The largest absolute Gasteiger partial charge is 0.348 e. The Labute approximate surface area is 113 Å². The number of hydrogen-bond donors (Lipinski definition) is 2. The van der Waals surface area contributed by atoms with Crippen LogP contribution in [0.2, 0.25) is 5.02 Å². The zero-order valence-electron chi connectivity index (χ0n) is 10.6. The van der Waals surface area contributed by atoms with Crippen LogP contribution in [0.15, 0.2) is 24.3 Å². The molecule has 2 rings (SSSR count). The van der Waals surface area contributed by atoms with E-state index in [0.717, 1.165) is 31.4 Å². The monoisotopic (exact) mass is 266 g/mol. The predicted molar refractivity (Wildman–Crippen MR) is 73.7 cm³/mol. The minimum Gasteiger partial charge on any atom is -0.348 e. The van der Waals surface area contributed by atoms with E-state index in [2.05, 4.69) is 17.6 Å². The van der Waals surface area contributed by atoms with Crippen LogP contribution in [0.4, 0.5) is 0 Å². The minimum atomic E-state index is -0.0294. The number of halogens is 1. The highest BCUT2D eigenvalue weighted by molar-refractivity contribution is 6.30. The zero-order valence-corrected chi connectivity index (χ0v) is 11.3. The molecule has 0 spiro atoms. The lowest BCUT2D eigenvalue weighted by Gasteiger charge is -2.20. The highest BCUT2D eigenvalue weighted by atomic mass is 35.5. The first-order valence-corrected chi connectivity index (χ1v) is 6.87. The molecule has 1 aromatic carbocycles. The molecule has 2 N–H and O–H groups in total. The lowest BCUT2D eigenvalue weighted by molar-refractivity contribution is -0.123. The Hall–Kier alpha value is -1.06. The van der Waals surface area contributed by atoms with Crippen molar-refractivity contribution in [2.75, 3.05) is 6.54 Å². The van der Waals surface area contributed by atoms with Gasteiger partial charge in [0, 0.05) is 5.02 Å². The van der Waals surface area contributed by atoms with Gasteiger partial charge in [-0.1, -0.05) is 30.7 Å². The third-order valence-electron chi connectivity index (χ3n) is 3.35. The molecule has 2 atom stereocenters. The van der Waals surface area contributed by atoms with Crippen molar-refractivity contribution >= 4 is 17.5 Å². The van der Waals surface area contributed by atoms with Gasteiger partial charge in [0.2, 0.25) is 5.91 Å². The van der Waals surface area contributed by atoms with Crippen molar-refractivity contribution in [3.8, 4) is 0 Å². The van der Waals surface area contributed by atoms with Gasteiger partial charge in [0.1, 0.15) is 0 Å². The molecule has 0 radical (unpaired) electrons. The Morgan fingerprint density at radius 2 is 2.44 bits per heavy atom. The van der Waals surface area contributed by atoms with Crippen molar-refractivity contribution in [3.05, 3.63) is 34.9 Å². The molecule has 1 aromatic rings. The van der Waals surface area contributed by atoms with Crippen LogP contribution < -0.4 is 10.6 Å². The van der Waals surface area contributed by atoms with Crippen LogP contribution in [0.25, 0.3) is 0 Å². The summed E-state index contributed by atoms with van der Waals surface area (Å²) in [5.74, 6) is 0.0966. The van der Waals surface area contributed by atoms with Crippen molar-refractivity contribution in [3.63, 3.8) is 0 Å². The number of hydrogen-bond acceptors (Lipinski definition) is 2. The fourth-order valence-electron chi connectivity index (χ4n) is 2.33. The van der Waals surface area contributed by atoms with Crippen molar-refractivity contribution < 1.29 is 4.79 Å². The van der Waals surface area contributed by atoms with E-state index in [1.807, 2.05) is 24.3 Å². The maximum absolute atomic E-state index is 12.1. The van der Waals surface area contributed by atoms with Crippen LogP contribution in [0.3, 0.4) is 0 Å². The second kappa shape index (κ2) is 6.21. The standard InChI is InChI=1S/C14H19ClN2O/c1-2-12(10-5-3-6-11(15)9-10)17-14(18)13-7-4-8-16-13/h3,5-6,9,12-13,16H,2,4,7-8H2,1H3,(H,17,18)/t12?,13-/m0/s1. The van der Waals surface area contributed by atoms with Crippen LogP contribution in [0.5, 0.6) is 0 Å². The van der Waals surface area contributed by atoms with E-state index in [-0.39, 0.29) is 18.0 Å². The number of rotatable bonds is 4. The summed E-state index contributed by atoms with van der Waals surface area (Å²) < 4.78 is 0. The molecule has 1 fully saturated rings. The summed E-state index contributed by atoms with van der Waals surface area (Å²) in [5.41, 5.74) is 1.07. The Balaban J connectivity index is 2.02. The molecule has 0 saturated carbocycles. The number of carbonyl (C=O) groups is 1. The normalized spacial score (nSPS) is 20.7. The number of carbonyl (C=O) groups excluding carboxylic acids is 1. The Morgan fingerprint density at radius 3 is 3.06 bits per heavy atom. The van der Waals surface area contributed by atoms with Crippen LogP contribution in [0.1, 0.15) is 37.8 Å². The molecule has 1 heterocycles. The number of amides is 1. The lowest BCUT2D eigenvalue weighted by atomic mass is 10.0. The third-order valence-corrected chi connectivity index (χ3v) is 3.59. The van der Waals surface area contributed by atoms with Crippen molar-refractivity contribution in [2.45, 2.75) is 38.3 Å². The average molecular weight is 267 g/mol. The van der Waals surface area contributed by atoms with Gasteiger partial charge in [0.25, 0.3) is 0 Å². The number of nitrogens with one attached hydrogen (secondary N) is 2. The van der Waals surface area contributed by atoms with Gasteiger partial charge in [-0.3, -0.25) is 4.79 Å². The first-order valence-electron chi connectivity index (χ1n) is 6.50. The van der Waals surface area contributed by atoms with Crippen LogP contribution in [-0.2, 0) is 4.79 Å². The van der Waals surface area contributed by atoms with Gasteiger partial charge in [-0.15, -0.1) is 0 Å². The molecule has 98 valence electrons. The van der Waals surface area contributed by atoms with Gasteiger partial charge in [0.05, 0.1) is 12.1 Å². The van der Waals surface area contributed by atoms with E-state index in [1.54, 1.807) is 0 Å². The number of benzene rings is 1. The summed E-state index contributed by atoms with van der Waals surface area (Å²) in [7, 11) is 0. The molecule has 1 unspecified atom stereocenters. The van der Waals surface area contributed by atoms with Gasteiger partial charge in [-0.2, -0.15) is 0 Å². The molecule has 0 aromatic heterocycles. The smallest absolute Gasteiger partial charge is 0.237 e. The van der Waals surface area contributed by atoms with Gasteiger partial charge in [-0.25, -0.2) is 0 Å². The van der Waals surface area contributed by atoms with Crippen molar-refractivity contribution in [1.82, 2.24) is 10.6 Å². The zero-order chi connectivity index (χ0) is 13.0. The summed E-state index contributed by atoms with van der Waals surface area (Å²) in [6, 6.07) is 7.69. The molecular formula is C14H19ClN2O. The topological polar surface area (TPSA) is 41.1 Å². The van der Waals surface area contributed by atoms with Crippen LogP contribution in [0, 0.1) is 0 Å². The SMILES string of the molecule is CCC(NC(=O)[C@@H]1CCCN1)c1cccc(Cl)c1. The van der Waals surface area contributed by atoms with Crippen LogP contribution >= 0.6 is 11.6 Å². The Bertz CT molecular complexity index is 416. The molecule has 1 aliphatic rings. The van der Waals surface area contributed by atoms with E-state index in [4.69, 9.17) is 11.6 Å². The third kappa shape index (κ3) is 3.24. The van der Waals surface area contributed by atoms with E-state index in [9.17, 15) is 4.79 Å². The molecule has 0 bridgehead atoms. The maximum Gasteiger partial charge on any atom is 0.237 e. The quantitative estimate of drug-likeness (QED) is 0.880. The Kier molecular flexibility index (Phi) is 4.61. The summed E-state index contributed by atoms with van der Waals surface area (Å²) in [5, 5.41) is 7.01. The van der Waals surface area contributed by atoms with E-state index >= 15 is 0 Å². The van der Waals surface area contributed by atoms with E-state index in [1.165, 1.54) is 0 Å². The van der Waals surface area contributed by atoms with Crippen molar-refractivity contribution in [2.24, 2.45) is 0 Å². The van der Waals surface area contributed by atoms with E-state index < -0.39 is 0 Å². The second-order valence-electron chi connectivity index (χ2n) is 4.67.